The summed E-state index contributed by atoms with van der Waals surface area (Å²) >= 11 is 0. The Bertz CT molecular complexity index is 2290. The molecule has 0 aromatic heterocycles. The smallest absolute Gasteiger partial charge is 0.187 e. The molecule has 2 fully saturated rings. The van der Waals surface area contributed by atoms with Gasteiger partial charge in [0.2, 0.25) is 0 Å². The Labute approximate surface area is 400 Å². The predicted molar refractivity (Wildman–Crippen MR) is 257 cm³/mol. The van der Waals surface area contributed by atoms with Crippen molar-refractivity contribution < 1.29 is 52.5 Å². The van der Waals surface area contributed by atoms with E-state index < -0.39 is 61.4 Å². The summed E-state index contributed by atoms with van der Waals surface area (Å²) in [6.07, 6.45) is -7.09. The molecule has 0 radical (unpaired) electrons. The van der Waals surface area contributed by atoms with Gasteiger partial charge in [0.1, 0.15) is 48.8 Å². The van der Waals surface area contributed by atoms with Crippen molar-refractivity contribution in [3.05, 3.63) is 228 Å². The van der Waals surface area contributed by atoms with Crippen LogP contribution in [0.15, 0.2) is 195 Å². The van der Waals surface area contributed by atoms with Gasteiger partial charge in [-0.3, -0.25) is 0 Å². The number of hydrogen-bond acceptors (Lipinski definition) is 11. The number of ether oxygens (including phenoxy) is 10. The Hall–Kier alpha value is -5.38. The summed E-state index contributed by atoms with van der Waals surface area (Å²) in [5, 5.41) is 12.3. The molecule has 8 rings (SSSR count). The first-order chi connectivity index (χ1) is 33.6. The van der Waals surface area contributed by atoms with E-state index in [-0.39, 0.29) is 52.9 Å². The molecule has 0 unspecified atom stereocenters. The first kappa shape index (κ1) is 49.1. The first-order valence-electron chi connectivity index (χ1n) is 23.3. The molecular formula is C57H62O11. The highest BCUT2D eigenvalue weighted by Gasteiger charge is 2.51. The third-order valence-electron chi connectivity index (χ3n) is 11.8. The Morgan fingerprint density at radius 2 is 0.706 bits per heavy atom. The van der Waals surface area contributed by atoms with Gasteiger partial charge in [-0.25, -0.2) is 0 Å². The second-order valence-corrected chi connectivity index (χ2v) is 16.8. The number of benzene rings is 6. The van der Waals surface area contributed by atoms with Crippen LogP contribution in [0.3, 0.4) is 0 Å². The van der Waals surface area contributed by atoms with Gasteiger partial charge in [0.15, 0.2) is 12.6 Å². The molecule has 6 aromatic rings. The van der Waals surface area contributed by atoms with Gasteiger partial charge in [-0.05, 0) is 33.4 Å². The van der Waals surface area contributed by atoms with Gasteiger partial charge in [0, 0.05) is 0 Å². The molecule has 10 atom stereocenters. The van der Waals surface area contributed by atoms with Crippen LogP contribution < -0.4 is 0 Å². The van der Waals surface area contributed by atoms with Crippen LogP contribution in [0.2, 0.25) is 0 Å². The average Bonchev–Trinajstić information content (AvgIpc) is 3.39. The number of rotatable bonds is 25. The quantitative estimate of drug-likeness (QED) is 0.0555. The Morgan fingerprint density at radius 3 is 1.13 bits per heavy atom. The van der Waals surface area contributed by atoms with Crippen molar-refractivity contribution in [1.29, 1.82) is 0 Å². The predicted octanol–water partition coefficient (Wildman–Crippen LogP) is 9.16. The number of hydrogen-bond donors (Lipinski definition) is 1. The Morgan fingerprint density at radius 1 is 0.368 bits per heavy atom. The number of aliphatic hydroxyl groups is 1. The maximum Gasteiger partial charge on any atom is 0.187 e. The minimum Gasteiger partial charge on any atom is -0.385 e. The topological polar surface area (TPSA) is 113 Å². The molecule has 2 aliphatic heterocycles. The van der Waals surface area contributed by atoms with E-state index in [0.29, 0.717) is 6.61 Å². The zero-order chi connectivity index (χ0) is 46.6. The lowest BCUT2D eigenvalue weighted by molar-refractivity contribution is -0.348. The summed E-state index contributed by atoms with van der Waals surface area (Å²) in [6.45, 7) is 5.73. The van der Waals surface area contributed by atoms with Gasteiger partial charge < -0.3 is 52.5 Å². The van der Waals surface area contributed by atoms with Crippen LogP contribution in [0.4, 0.5) is 0 Å². The van der Waals surface area contributed by atoms with Crippen LogP contribution in [0, 0.1) is 0 Å². The fourth-order valence-electron chi connectivity index (χ4n) is 8.33. The van der Waals surface area contributed by atoms with Crippen molar-refractivity contribution in [2.45, 2.75) is 101 Å². The molecule has 6 aromatic carbocycles. The van der Waals surface area contributed by atoms with Crippen LogP contribution in [-0.2, 0) is 87.0 Å². The average molecular weight is 923 g/mol. The highest BCUT2D eigenvalue weighted by molar-refractivity contribution is 5.18. The third-order valence-corrected chi connectivity index (χ3v) is 11.8. The lowest BCUT2D eigenvalue weighted by atomic mass is 9.97. The fraction of sp³-hybridized carbons (Fsp3) is 0.333. The molecule has 2 heterocycles. The molecule has 1 N–H and O–H groups in total. The van der Waals surface area contributed by atoms with E-state index in [9.17, 15) is 5.11 Å². The largest absolute Gasteiger partial charge is 0.385 e. The van der Waals surface area contributed by atoms with Crippen molar-refractivity contribution >= 4 is 0 Å². The maximum absolute atomic E-state index is 12.3. The second kappa shape index (κ2) is 26.4. The molecule has 0 amide bonds. The van der Waals surface area contributed by atoms with Crippen molar-refractivity contribution in [3.8, 4) is 0 Å². The highest BCUT2D eigenvalue weighted by atomic mass is 16.7. The lowest BCUT2D eigenvalue weighted by Crippen LogP contribution is -2.63. The van der Waals surface area contributed by atoms with E-state index in [2.05, 4.69) is 6.58 Å². The van der Waals surface area contributed by atoms with Crippen molar-refractivity contribution in [3.63, 3.8) is 0 Å². The second-order valence-electron chi connectivity index (χ2n) is 16.8. The molecule has 68 heavy (non-hydrogen) atoms. The van der Waals surface area contributed by atoms with Crippen molar-refractivity contribution in [2.24, 2.45) is 0 Å². The molecule has 11 heteroatoms. The summed E-state index contributed by atoms with van der Waals surface area (Å²) in [5.41, 5.74) is 5.82. The summed E-state index contributed by atoms with van der Waals surface area (Å²) in [4.78, 5) is 0. The van der Waals surface area contributed by atoms with Crippen LogP contribution >= 0.6 is 0 Å². The summed E-state index contributed by atoms with van der Waals surface area (Å²) < 4.78 is 66.6. The highest BCUT2D eigenvalue weighted by Crippen LogP contribution is 2.34. The van der Waals surface area contributed by atoms with Gasteiger partial charge in [0.05, 0.1) is 59.5 Å². The number of aliphatic hydroxyl groups excluding tert-OH is 1. The van der Waals surface area contributed by atoms with Crippen molar-refractivity contribution in [2.75, 3.05) is 19.8 Å². The zero-order valence-electron chi connectivity index (χ0n) is 38.3. The van der Waals surface area contributed by atoms with E-state index in [1.165, 1.54) is 0 Å². The SMILES string of the molecule is C=CCO[C@H]1O[C@H](CO[C@H]2O[C@H](COCc3ccccc3)[C@@H](OCc3ccccc3)[C@H](OCc3ccccc3)[C@@H]2O)[C@@H](OCc2ccccc2)[C@H](OCc2ccccc2)[C@@H]1OCc1ccccc1. The summed E-state index contributed by atoms with van der Waals surface area (Å²) in [7, 11) is 0. The fourth-order valence-corrected chi connectivity index (χ4v) is 8.33. The molecule has 2 saturated heterocycles. The molecule has 0 aliphatic carbocycles. The van der Waals surface area contributed by atoms with E-state index in [1.807, 2.05) is 182 Å². The van der Waals surface area contributed by atoms with E-state index in [0.717, 1.165) is 33.4 Å². The van der Waals surface area contributed by atoms with Gasteiger partial charge in [-0.2, -0.15) is 0 Å². The van der Waals surface area contributed by atoms with Crippen molar-refractivity contribution in [1.82, 2.24) is 0 Å². The van der Waals surface area contributed by atoms with Gasteiger partial charge in [-0.1, -0.05) is 188 Å². The Balaban J connectivity index is 1.08. The lowest BCUT2D eigenvalue weighted by Gasteiger charge is -2.47. The van der Waals surface area contributed by atoms with E-state index in [1.54, 1.807) is 6.08 Å². The molecule has 2 aliphatic rings. The van der Waals surface area contributed by atoms with E-state index in [4.69, 9.17) is 47.4 Å². The normalized spacial score (nSPS) is 24.9. The standard InChI is InChI=1S/C57H62O11/c1-2-33-60-57-55(65-39-47-31-19-8-20-32-47)54(64-38-46-29-17-7-18-30-46)52(62-36-44-25-13-5-14-26-44)49(68-57)41-66-56-50(58)53(63-37-45-27-15-6-16-28-45)51(61-35-43-23-11-4-12-24-43)48(67-56)40-59-34-42-21-9-3-10-22-42/h2-32,48-58H,1,33-41H2/t48-,49-,50+,51-,52-,53-,54+,55+,56+,57+/m1/s1. The van der Waals surface area contributed by atoms with Gasteiger partial charge in [-0.15, -0.1) is 6.58 Å². The maximum atomic E-state index is 12.3. The van der Waals surface area contributed by atoms with Gasteiger partial charge in [0.25, 0.3) is 0 Å². The first-order valence-corrected chi connectivity index (χ1v) is 23.3. The molecular weight excluding hydrogens is 861 g/mol. The molecule has 0 saturated carbocycles. The minimum absolute atomic E-state index is 0.0930. The molecule has 356 valence electrons. The van der Waals surface area contributed by atoms with Crippen LogP contribution in [-0.4, -0.2) is 86.3 Å². The third kappa shape index (κ3) is 14.3. The van der Waals surface area contributed by atoms with Crippen LogP contribution in [0.25, 0.3) is 0 Å². The summed E-state index contributed by atoms with van der Waals surface area (Å²) in [5.74, 6) is 0. The molecule has 11 nitrogen and oxygen atoms in total. The van der Waals surface area contributed by atoms with Crippen LogP contribution in [0.1, 0.15) is 33.4 Å². The monoisotopic (exact) mass is 922 g/mol. The minimum atomic E-state index is -1.29. The zero-order valence-corrected chi connectivity index (χ0v) is 38.3. The molecule has 0 bridgehead atoms. The van der Waals surface area contributed by atoms with E-state index >= 15 is 0 Å². The Kier molecular flexibility index (Phi) is 19.0. The molecule has 0 spiro atoms. The van der Waals surface area contributed by atoms with Crippen LogP contribution in [0.5, 0.6) is 0 Å². The summed E-state index contributed by atoms with van der Waals surface area (Å²) in [6, 6.07) is 59.4. The van der Waals surface area contributed by atoms with Gasteiger partial charge >= 0.3 is 0 Å².